The lowest BCUT2D eigenvalue weighted by Gasteiger charge is -2.13. The van der Waals surface area contributed by atoms with E-state index in [1.54, 1.807) is 0 Å². The standard InChI is InChI=1S/C19H16F3N3O4/c20-19(21,22)14-6-7-16(26)24(10-14)11-18(28)29-12-17(27)25-9-8-15(23-25)13-4-2-1-3-5-13/h1-7,10H,8-9,11-12H2. The molecule has 10 heteroatoms. The highest BCUT2D eigenvalue weighted by atomic mass is 19.4. The SMILES string of the molecule is O=C(Cn1cc(C(F)(F)F)ccc1=O)OCC(=O)N1CCC(c2ccccc2)=N1. The largest absolute Gasteiger partial charge is 0.454 e. The Kier molecular flexibility index (Phi) is 5.81. The Balaban J connectivity index is 1.57. The van der Waals surface area contributed by atoms with E-state index in [0.717, 1.165) is 11.3 Å². The third-order valence-electron chi connectivity index (χ3n) is 4.16. The molecule has 1 amide bonds. The van der Waals surface area contributed by atoms with Crippen molar-refractivity contribution in [3.8, 4) is 0 Å². The van der Waals surface area contributed by atoms with Crippen molar-refractivity contribution in [1.82, 2.24) is 9.58 Å². The summed E-state index contributed by atoms with van der Waals surface area (Å²) in [6.07, 6.45) is -3.58. The van der Waals surface area contributed by atoms with Gasteiger partial charge in [-0.05, 0) is 11.6 Å². The molecule has 2 heterocycles. The Morgan fingerprint density at radius 2 is 1.83 bits per heavy atom. The molecule has 1 aliphatic rings. The summed E-state index contributed by atoms with van der Waals surface area (Å²) in [5.41, 5.74) is -0.261. The van der Waals surface area contributed by atoms with E-state index in [1.807, 2.05) is 30.3 Å². The number of halogens is 3. The molecule has 2 aromatic rings. The molecule has 0 spiro atoms. The van der Waals surface area contributed by atoms with Crippen LogP contribution in [0.3, 0.4) is 0 Å². The van der Waals surface area contributed by atoms with Gasteiger partial charge in [-0.25, -0.2) is 5.01 Å². The fourth-order valence-corrected chi connectivity index (χ4v) is 2.69. The molecular formula is C19H16F3N3O4. The van der Waals surface area contributed by atoms with Crippen LogP contribution in [0.15, 0.2) is 58.6 Å². The molecule has 7 nitrogen and oxygen atoms in total. The molecule has 0 aliphatic carbocycles. The van der Waals surface area contributed by atoms with Crippen LogP contribution in [0.5, 0.6) is 0 Å². The highest BCUT2D eigenvalue weighted by Crippen LogP contribution is 2.28. The lowest BCUT2D eigenvalue weighted by Crippen LogP contribution is -2.31. The predicted octanol–water partition coefficient (Wildman–Crippen LogP) is 2.05. The van der Waals surface area contributed by atoms with Gasteiger partial charge in [-0.15, -0.1) is 0 Å². The molecule has 1 aliphatic heterocycles. The van der Waals surface area contributed by atoms with Crippen LogP contribution in [0.2, 0.25) is 0 Å². The summed E-state index contributed by atoms with van der Waals surface area (Å²) in [4.78, 5) is 35.7. The Bertz CT molecular complexity index is 1000. The zero-order valence-corrected chi connectivity index (χ0v) is 15.1. The normalized spacial score (nSPS) is 13.9. The van der Waals surface area contributed by atoms with Gasteiger partial charge in [-0.2, -0.15) is 18.3 Å². The summed E-state index contributed by atoms with van der Waals surface area (Å²) in [6.45, 7) is -1.04. The van der Waals surface area contributed by atoms with Gasteiger partial charge in [0.15, 0.2) is 6.61 Å². The molecular weight excluding hydrogens is 391 g/mol. The maximum atomic E-state index is 12.7. The molecule has 3 rings (SSSR count). The van der Waals surface area contributed by atoms with E-state index < -0.39 is 42.3 Å². The molecule has 0 fully saturated rings. The topological polar surface area (TPSA) is 81.0 Å². The van der Waals surface area contributed by atoms with Crippen molar-refractivity contribution in [3.63, 3.8) is 0 Å². The van der Waals surface area contributed by atoms with Crippen LogP contribution in [0, 0.1) is 0 Å². The van der Waals surface area contributed by atoms with Crippen molar-refractivity contribution >= 4 is 17.6 Å². The first-order chi connectivity index (χ1) is 13.7. The number of hydrogen-bond acceptors (Lipinski definition) is 5. The van der Waals surface area contributed by atoms with Gasteiger partial charge in [0.1, 0.15) is 6.54 Å². The predicted molar refractivity (Wildman–Crippen MR) is 96.0 cm³/mol. The number of alkyl halides is 3. The summed E-state index contributed by atoms with van der Waals surface area (Å²) in [7, 11) is 0. The van der Waals surface area contributed by atoms with Crippen molar-refractivity contribution in [2.45, 2.75) is 19.1 Å². The molecule has 0 N–H and O–H groups in total. The Morgan fingerprint density at radius 1 is 1.10 bits per heavy atom. The molecule has 1 aromatic heterocycles. The number of rotatable bonds is 5. The van der Waals surface area contributed by atoms with Crippen molar-refractivity contribution in [1.29, 1.82) is 0 Å². The van der Waals surface area contributed by atoms with E-state index in [9.17, 15) is 27.6 Å². The maximum absolute atomic E-state index is 12.7. The van der Waals surface area contributed by atoms with Gasteiger partial charge in [0.25, 0.3) is 11.5 Å². The van der Waals surface area contributed by atoms with Crippen molar-refractivity contribution in [3.05, 3.63) is 70.1 Å². The fraction of sp³-hybridized carbons (Fsp3) is 0.263. The van der Waals surface area contributed by atoms with E-state index >= 15 is 0 Å². The molecule has 0 saturated carbocycles. The van der Waals surface area contributed by atoms with E-state index in [-0.39, 0.29) is 0 Å². The van der Waals surface area contributed by atoms with Gasteiger partial charge in [0.05, 0.1) is 17.8 Å². The van der Waals surface area contributed by atoms with Gasteiger partial charge in [0, 0.05) is 18.7 Å². The van der Waals surface area contributed by atoms with Crippen LogP contribution in [-0.2, 0) is 27.0 Å². The zero-order chi connectivity index (χ0) is 21.0. The van der Waals surface area contributed by atoms with Gasteiger partial charge in [-0.3, -0.25) is 14.4 Å². The fourth-order valence-electron chi connectivity index (χ4n) is 2.69. The van der Waals surface area contributed by atoms with Crippen LogP contribution in [0.1, 0.15) is 17.5 Å². The lowest BCUT2D eigenvalue weighted by atomic mass is 10.1. The number of aromatic nitrogens is 1. The van der Waals surface area contributed by atoms with Crippen LogP contribution >= 0.6 is 0 Å². The van der Waals surface area contributed by atoms with E-state index in [1.165, 1.54) is 5.01 Å². The van der Waals surface area contributed by atoms with Crippen molar-refractivity contribution in [2.75, 3.05) is 13.2 Å². The second kappa shape index (κ2) is 8.29. The average Bonchev–Trinajstić information content (AvgIpc) is 3.18. The Morgan fingerprint density at radius 3 is 2.52 bits per heavy atom. The van der Waals surface area contributed by atoms with E-state index in [0.29, 0.717) is 35.9 Å². The summed E-state index contributed by atoms with van der Waals surface area (Å²) in [5, 5.41) is 5.37. The lowest BCUT2D eigenvalue weighted by molar-refractivity contribution is -0.152. The second-order valence-electron chi connectivity index (χ2n) is 6.22. The smallest absolute Gasteiger partial charge is 0.417 e. The van der Waals surface area contributed by atoms with E-state index in [2.05, 4.69) is 5.10 Å². The van der Waals surface area contributed by atoms with Gasteiger partial charge < -0.3 is 9.30 Å². The molecule has 152 valence electrons. The number of carbonyl (C=O) groups is 2. The molecule has 0 bridgehead atoms. The minimum Gasteiger partial charge on any atom is -0.454 e. The second-order valence-corrected chi connectivity index (χ2v) is 6.22. The number of nitrogens with zero attached hydrogens (tertiary/aromatic N) is 3. The molecule has 0 atom stereocenters. The molecule has 29 heavy (non-hydrogen) atoms. The highest BCUT2D eigenvalue weighted by Gasteiger charge is 2.31. The van der Waals surface area contributed by atoms with Crippen molar-refractivity contribution < 1.29 is 27.5 Å². The average molecular weight is 407 g/mol. The number of ether oxygens (including phenoxy) is 1. The summed E-state index contributed by atoms with van der Waals surface area (Å²) in [5.74, 6) is -1.58. The number of hydrazone groups is 1. The summed E-state index contributed by atoms with van der Waals surface area (Å²) in [6, 6.07) is 10.6. The van der Waals surface area contributed by atoms with Gasteiger partial charge in [0.2, 0.25) is 0 Å². The minimum absolute atomic E-state index is 0.327. The van der Waals surface area contributed by atoms with Crippen LogP contribution in [0.4, 0.5) is 13.2 Å². The third-order valence-corrected chi connectivity index (χ3v) is 4.16. The van der Waals surface area contributed by atoms with Crippen LogP contribution in [0.25, 0.3) is 0 Å². The summed E-state index contributed by atoms with van der Waals surface area (Å²) < 4.78 is 43.6. The van der Waals surface area contributed by atoms with Gasteiger partial charge in [-0.1, -0.05) is 30.3 Å². The first kappa shape index (κ1) is 20.3. The molecule has 0 radical (unpaired) electrons. The first-order valence-electron chi connectivity index (χ1n) is 8.60. The summed E-state index contributed by atoms with van der Waals surface area (Å²) >= 11 is 0. The van der Waals surface area contributed by atoms with E-state index in [4.69, 9.17) is 4.74 Å². The Labute approximate surface area is 163 Å². The number of hydrogen-bond donors (Lipinski definition) is 0. The number of amides is 1. The minimum atomic E-state index is -4.65. The maximum Gasteiger partial charge on any atom is 0.417 e. The molecule has 0 unspecified atom stereocenters. The number of carbonyl (C=O) groups excluding carboxylic acids is 2. The highest BCUT2D eigenvalue weighted by molar-refractivity contribution is 6.02. The van der Waals surface area contributed by atoms with Crippen LogP contribution < -0.4 is 5.56 Å². The molecule has 1 aromatic carbocycles. The zero-order valence-electron chi connectivity index (χ0n) is 15.1. The monoisotopic (exact) mass is 407 g/mol. The Hall–Kier alpha value is -3.43. The number of esters is 1. The third kappa shape index (κ3) is 5.09. The number of pyridine rings is 1. The first-order valence-corrected chi connectivity index (χ1v) is 8.60. The quantitative estimate of drug-likeness (QED) is 0.711. The van der Waals surface area contributed by atoms with Crippen molar-refractivity contribution in [2.24, 2.45) is 5.10 Å². The van der Waals surface area contributed by atoms with Crippen LogP contribution in [-0.4, -0.2) is 40.3 Å². The molecule has 0 saturated heterocycles. The van der Waals surface area contributed by atoms with Gasteiger partial charge >= 0.3 is 12.1 Å². The number of benzene rings is 1.